The van der Waals surface area contributed by atoms with Gasteiger partial charge < -0.3 is 4.74 Å². The first-order valence-corrected chi connectivity index (χ1v) is 8.93. The molecule has 0 aromatic carbocycles. The van der Waals surface area contributed by atoms with Crippen LogP contribution in [0.2, 0.25) is 0 Å². The van der Waals surface area contributed by atoms with E-state index >= 15 is 0 Å². The van der Waals surface area contributed by atoms with Crippen LogP contribution in [0.1, 0.15) is 81.1 Å². The van der Waals surface area contributed by atoms with Crippen molar-refractivity contribution in [3.8, 4) is 0 Å². The number of hydrogen-bond acceptors (Lipinski definition) is 10. The molecule has 10 nitrogen and oxygen atoms in total. The minimum atomic E-state index is -1.58. The maximum Gasteiger partial charge on any atom is 0.305 e. The summed E-state index contributed by atoms with van der Waals surface area (Å²) in [5.74, 6) is -1.99. The van der Waals surface area contributed by atoms with E-state index in [1.54, 1.807) is 41.5 Å². The van der Waals surface area contributed by atoms with Crippen LogP contribution < -0.4 is 0 Å². The summed E-state index contributed by atoms with van der Waals surface area (Å²) in [7, 11) is 0. The topological polar surface area (TPSA) is 100 Å². The first-order chi connectivity index (χ1) is 12.4. The summed E-state index contributed by atoms with van der Waals surface area (Å²) in [6, 6.07) is 0. The van der Waals surface area contributed by atoms with Crippen molar-refractivity contribution in [2.45, 2.75) is 98.1 Å². The molecule has 0 fully saturated rings. The molecule has 0 radical (unpaired) electrons. The average Bonchev–Trinajstić information content (AvgIpc) is 2.53. The van der Waals surface area contributed by atoms with E-state index in [0.717, 1.165) is 12.8 Å². The monoisotopic (exact) mass is 398 g/mol. The normalized spacial score (nSPS) is 13.0. The van der Waals surface area contributed by atoms with Crippen molar-refractivity contribution in [3.05, 3.63) is 0 Å². The van der Waals surface area contributed by atoms with Crippen LogP contribution in [0.5, 0.6) is 0 Å². The van der Waals surface area contributed by atoms with Crippen LogP contribution in [0.4, 0.5) is 0 Å². The van der Waals surface area contributed by atoms with E-state index in [1.807, 2.05) is 6.92 Å². The lowest BCUT2D eigenvalue weighted by atomic mass is 10.2. The molecule has 0 N–H and O–H groups in total. The Balaban J connectivity index is 4.46. The molecule has 0 aliphatic heterocycles. The summed E-state index contributed by atoms with van der Waals surface area (Å²) >= 11 is 0. The minimum Gasteiger partial charge on any atom is -0.466 e. The molecule has 0 spiro atoms. The van der Waals surface area contributed by atoms with Crippen molar-refractivity contribution in [2.24, 2.45) is 0 Å². The lowest BCUT2D eigenvalue weighted by Crippen LogP contribution is -2.35. The first-order valence-electron chi connectivity index (χ1n) is 8.93. The quantitative estimate of drug-likeness (QED) is 0.140. The zero-order chi connectivity index (χ0) is 21.0. The zero-order valence-electron chi connectivity index (χ0n) is 17.6. The fourth-order valence-electron chi connectivity index (χ4n) is 1.23. The van der Waals surface area contributed by atoms with Crippen LogP contribution in [0.15, 0.2) is 0 Å². The van der Waals surface area contributed by atoms with Gasteiger partial charge in [0.1, 0.15) is 0 Å². The van der Waals surface area contributed by atoms with Crippen molar-refractivity contribution in [2.75, 3.05) is 6.61 Å². The third kappa shape index (κ3) is 17.0. The van der Waals surface area contributed by atoms with Gasteiger partial charge in [0.25, 0.3) is 0 Å². The van der Waals surface area contributed by atoms with E-state index in [9.17, 15) is 4.79 Å². The summed E-state index contributed by atoms with van der Waals surface area (Å²) < 4.78 is 5.07. The maximum absolute atomic E-state index is 11.8. The van der Waals surface area contributed by atoms with Gasteiger partial charge in [-0.05, 0) is 75.0 Å². The Morgan fingerprint density at radius 3 is 1.59 bits per heavy atom. The van der Waals surface area contributed by atoms with E-state index in [4.69, 9.17) is 24.3 Å². The SMILES string of the molecule is CCCCOC(=O)CCC(C)(OOOOC(C)(C)C)OOOOC(C)(C)C. The van der Waals surface area contributed by atoms with Crippen LogP contribution in [-0.4, -0.2) is 29.6 Å². The van der Waals surface area contributed by atoms with E-state index in [2.05, 4.69) is 20.2 Å². The Morgan fingerprint density at radius 2 is 1.19 bits per heavy atom. The van der Waals surface area contributed by atoms with Gasteiger partial charge in [0.2, 0.25) is 5.79 Å². The summed E-state index contributed by atoms with van der Waals surface area (Å²) in [4.78, 5) is 31.5. The largest absolute Gasteiger partial charge is 0.466 e. The number of carbonyl (C=O) groups is 1. The maximum atomic E-state index is 11.8. The number of unbranched alkanes of at least 4 members (excludes halogenated alkanes) is 1. The van der Waals surface area contributed by atoms with Gasteiger partial charge in [-0.25, -0.2) is 0 Å². The molecule has 10 heteroatoms. The average molecular weight is 398 g/mol. The van der Waals surface area contributed by atoms with Crippen LogP contribution >= 0.6 is 0 Å². The lowest BCUT2D eigenvalue weighted by Gasteiger charge is -2.25. The number of hydrogen-bond donors (Lipinski definition) is 0. The summed E-state index contributed by atoms with van der Waals surface area (Å²) in [6.45, 7) is 14.3. The van der Waals surface area contributed by atoms with Gasteiger partial charge in [-0.2, -0.15) is 19.6 Å². The minimum absolute atomic E-state index is 0.00964. The molecule has 0 bridgehead atoms. The summed E-state index contributed by atoms with van der Waals surface area (Å²) in [5.41, 5.74) is -1.24. The predicted molar refractivity (Wildman–Crippen MR) is 91.7 cm³/mol. The number of ether oxygens (including phenoxy) is 1. The van der Waals surface area contributed by atoms with Crippen molar-refractivity contribution >= 4 is 5.97 Å². The Labute approximate surface area is 160 Å². The predicted octanol–water partition coefficient (Wildman–Crippen LogP) is 4.05. The van der Waals surface area contributed by atoms with Crippen molar-refractivity contribution in [1.82, 2.24) is 0 Å². The Kier molecular flexibility index (Phi) is 12.2. The zero-order valence-corrected chi connectivity index (χ0v) is 17.6. The number of rotatable bonds is 14. The highest BCUT2D eigenvalue weighted by molar-refractivity contribution is 5.69. The molecule has 27 heavy (non-hydrogen) atoms. The van der Waals surface area contributed by atoms with E-state index in [1.165, 1.54) is 6.92 Å². The summed E-state index contributed by atoms with van der Waals surface area (Å²) in [5, 5.41) is 18.0. The molecule has 162 valence electrons. The van der Waals surface area contributed by atoms with Gasteiger partial charge in [-0.3, -0.25) is 4.79 Å². The molecule has 0 saturated heterocycles. The fourth-order valence-corrected chi connectivity index (χ4v) is 1.23. The second-order valence-electron chi connectivity index (χ2n) is 8.04. The first kappa shape index (κ1) is 26.1. The fraction of sp³-hybridized carbons (Fsp3) is 0.941. The highest BCUT2D eigenvalue weighted by Crippen LogP contribution is 2.22. The van der Waals surface area contributed by atoms with Crippen LogP contribution in [0.25, 0.3) is 0 Å². The molecular weight excluding hydrogens is 364 g/mol. The standard InChI is InChI=1S/C17H34O10/c1-9-10-13-19-14(18)11-12-17(8,22-26-24-20-15(2,3)4)23-27-25-21-16(5,6)7/h9-13H2,1-8H3. The molecule has 0 atom stereocenters. The number of esters is 1. The molecule has 0 aromatic heterocycles. The molecule has 0 rings (SSSR count). The van der Waals surface area contributed by atoms with Gasteiger partial charge >= 0.3 is 5.97 Å². The van der Waals surface area contributed by atoms with E-state index in [-0.39, 0.29) is 12.8 Å². The Bertz CT molecular complexity index is 377. The van der Waals surface area contributed by atoms with E-state index in [0.29, 0.717) is 6.61 Å². The smallest absolute Gasteiger partial charge is 0.305 e. The second kappa shape index (κ2) is 12.6. The third-order valence-corrected chi connectivity index (χ3v) is 2.59. The van der Waals surface area contributed by atoms with Gasteiger partial charge in [-0.15, -0.1) is 0 Å². The molecule has 0 aromatic rings. The molecule has 0 aliphatic rings. The molecule has 0 heterocycles. The van der Waals surface area contributed by atoms with Crippen molar-refractivity contribution < 1.29 is 49.2 Å². The van der Waals surface area contributed by atoms with Gasteiger partial charge in [0.15, 0.2) is 0 Å². The molecule has 0 amide bonds. The van der Waals surface area contributed by atoms with Gasteiger partial charge in [-0.1, -0.05) is 13.3 Å². The van der Waals surface area contributed by atoms with E-state index < -0.39 is 23.0 Å². The molecule has 0 saturated carbocycles. The molecular formula is C17H34O10. The summed E-state index contributed by atoms with van der Waals surface area (Å²) in [6.07, 6.45) is 1.70. The highest BCUT2D eigenvalue weighted by Gasteiger charge is 2.33. The van der Waals surface area contributed by atoms with Gasteiger partial charge in [0.05, 0.1) is 24.2 Å². The third-order valence-electron chi connectivity index (χ3n) is 2.59. The lowest BCUT2D eigenvalue weighted by molar-refractivity contribution is -0.727. The highest BCUT2D eigenvalue weighted by atomic mass is 17.7. The number of carbonyl (C=O) groups excluding carboxylic acids is 1. The second-order valence-corrected chi connectivity index (χ2v) is 8.04. The van der Waals surface area contributed by atoms with Crippen molar-refractivity contribution in [1.29, 1.82) is 0 Å². The molecule has 0 aliphatic carbocycles. The Hall–Kier alpha value is -0.850. The van der Waals surface area contributed by atoms with Crippen LogP contribution in [0.3, 0.4) is 0 Å². The Morgan fingerprint density at radius 1 is 0.741 bits per heavy atom. The van der Waals surface area contributed by atoms with Crippen molar-refractivity contribution in [3.63, 3.8) is 0 Å². The van der Waals surface area contributed by atoms with Crippen LogP contribution in [-0.2, 0) is 49.2 Å². The van der Waals surface area contributed by atoms with Gasteiger partial charge in [0, 0.05) is 6.42 Å². The molecule has 0 unspecified atom stereocenters. The van der Waals surface area contributed by atoms with Crippen LogP contribution in [0, 0.1) is 0 Å².